The molecule has 1 aromatic carbocycles. The lowest BCUT2D eigenvalue weighted by Crippen LogP contribution is -2.26. The van der Waals surface area contributed by atoms with Crippen LogP contribution in [0.2, 0.25) is 0 Å². The van der Waals surface area contributed by atoms with E-state index in [0.717, 1.165) is 16.3 Å². The number of anilines is 2. The highest BCUT2D eigenvalue weighted by atomic mass is 32.1. The van der Waals surface area contributed by atoms with Gasteiger partial charge in [0.25, 0.3) is 0 Å². The van der Waals surface area contributed by atoms with E-state index in [0.29, 0.717) is 25.3 Å². The van der Waals surface area contributed by atoms with Crippen LogP contribution >= 0.6 is 11.5 Å². The lowest BCUT2D eigenvalue weighted by Gasteiger charge is -2.20. The molecule has 2 N–H and O–H groups in total. The second kappa shape index (κ2) is 5.61. The zero-order valence-corrected chi connectivity index (χ0v) is 12.4. The molecule has 0 fully saturated rings. The number of esters is 1. The van der Waals surface area contributed by atoms with E-state index in [2.05, 4.69) is 4.37 Å². The molecule has 2 heterocycles. The molecular formula is C14H15N3O3S. The number of carbonyl (C=O) groups excluding carboxylic acids is 1. The topological polar surface area (TPSA) is 77.7 Å². The minimum absolute atomic E-state index is 0.209. The Morgan fingerprint density at radius 1 is 1.48 bits per heavy atom. The van der Waals surface area contributed by atoms with Gasteiger partial charge in [-0.25, -0.2) is 4.79 Å². The zero-order chi connectivity index (χ0) is 14.8. The fourth-order valence-electron chi connectivity index (χ4n) is 2.30. The maximum atomic E-state index is 11.9. The number of nitrogen functional groups attached to an aromatic ring is 1. The molecular weight excluding hydrogens is 290 g/mol. The first-order valence-electron chi connectivity index (χ1n) is 6.50. The van der Waals surface area contributed by atoms with Gasteiger partial charge in [-0.1, -0.05) is 18.2 Å². The van der Waals surface area contributed by atoms with Crippen molar-refractivity contribution >= 4 is 28.3 Å². The molecule has 110 valence electrons. The van der Waals surface area contributed by atoms with Gasteiger partial charge >= 0.3 is 5.97 Å². The summed E-state index contributed by atoms with van der Waals surface area (Å²) < 4.78 is 14.6. The number of benzene rings is 1. The summed E-state index contributed by atoms with van der Waals surface area (Å²) in [5.74, 6) is 0.618. The monoisotopic (exact) mass is 305 g/mol. The highest BCUT2D eigenvalue weighted by Gasteiger charge is 2.26. The van der Waals surface area contributed by atoms with Gasteiger partial charge in [0.1, 0.15) is 22.9 Å². The number of nitrogens with zero attached hydrogens (tertiary/aromatic N) is 2. The first-order chi connectivity index (χ1) is 10.2. The van der Waals surface area contributed by atoms with Crippen molar-refractivity contribution in [1.82, 2.24) is 4.37 Å². The maximum Gasteiger partial charge on any atom is 0.344 e. The number of hydrogen-bond donors (Lipinski definition) is 1. The van der Waals surface area contributed by atoms with Gasteiger partial charge < -0.3 is 20.1 Å². The van der Waals surface area contributed by atoms with Gasteiger partial charge in [-0.2, -0.15) is 4.37 Å². The van der Waals surface area contributed by atoms with Crippen molar-refractivity contribution in [3.05, 3.63) is 35.4 Å². The van der Waals surface area contributed by atoms with E-state index in [9.17, 15) is 4.79 Å². The predicted molar refractivity (Wildman–Crippen MR) is 80.9 cm³/mol. The number of para-hydroxylation sites is 1. The van der Waals surface area contributed by atoms with Crippen LogP contribution in [0, 0.1) is 0 Å². The third kappa shape index (κ3) is 2.52. The fourth-order valence-corrected chi connectivity index (χ4v) is 3.13. The summed E-state index contributed by atoms with van der Waals surface area (Å²) in [5, 5.41) is 0.722. The molecule has 0 amide bonds. The molecule has 21 heavy (non-hydrogen) atoms. The van der Waals surface area contributed by atoms with Gasteiger partial charge in [0.15, 0.2) is 5.82 Å². The summed E-state index contributed by atoms with van der Waals surface area (Å²) in [4.78, 5) is 13.9. The Morgan fingerprint density at radius 2 is 2.29 bits per heavy atom. The summed E-state index contributed by atoms with van der Waals surface area (Å²) in [7, 11) is 1.34. The van der Waals surface area contributed by atoms with Gasteiger partial charge in [0.2, 0.25) is 0 Å². The van der Waals surface area contributed by atoms with Crippen LogP contribution in [0.4, 0.5) is 10.8 Å². The third-order valence-corrected chi connectivity index (χ3v) is 4.25. The molecule has 0 atom stereocenters. The smallest absolute Gasteiger partial charge is 0.344 e. The van der Waals surface area contributed by atoms with E-state index in [1.165, 1.54) is 18.6 Å². The van der Waals surface area contributed by atoms with E-state index in [1.54, 1.807) is 0 Å². The van der Waals surface area contributed by atoms with Gasteiger partial charge in [0.05, 0.1) is 13.7 Å². The Kier molecular flexibility index (Phi) is 3.66. The minimum atomic E-state index is -0.463. The second-order valence-corrected chi connectivity index (χ2v) is 5.37. The van der Waals surface area contributed by atoms with E-state index in [4.69, 9.17) is 15.2 Å². The standard InChI is InChI=1S/C14H15N3O3S/c1-19-14(18)11-12(15)16-21-13(11)17-6-7-20-10-5-3-2-4-9(10)8-17/h2-5H,6-8H2,1H3,(H2,15,16). The highest BCUT2D eigenvalue weighted by molar-refractivity contribution is 7.11. The molecule has 1 aliphatic heterocycles. The molecule has 1 aliphatic rings. The van der Waals surface area contributed by atoms with Gasteiger partial charge in [-0.05, 0) is 17.6 Å². The van der Waals surface area contributed by atoms with Crippen molar-refractivity contribution in [3.63, 3.8) is 0 Å². The number of hydrogen-bond acceptors (Lipinski definition) is 7. The molecule has 6 nitrogen and oxygen atoms in total. The van der Waals surface area contributed by atoms with Crippen LogP contribution in [-0.2, 0) is 11.3 Å². The molecule has 7 heteroatoms. The number of methoxy groups -OCH3 is 1. The van der Waals surface area contributed by atoms with Gasteiger partial charge in [-0.3, -0.25) is 0 Å². The number of aromatic nitrogens is 1. The molecule has 1 aromatic heterocycles. The van der Waals surface area contributed by atoms with Crippen molar-refractivity contribution < 1.29 is 14.3 Å². The average Bonchev–Trinajstić information content (AvgIpc) is 2.76. The van der Waals surface area contributed by atoms with Crippen molar-refractivity contribution in [2.75, 3.05) is 30.9 Å². The first kappa shape index (κ1) is 13.7. The molecule has 0 saturated carbocycles. The summed E-state index contributed by atoms with van der Waals surface area (Å²) in [6, 6.07) is 7.87. The summed E-state index contributed by atoms with van der Waals surface area (Å²) in [5.41, 5.74) is 7.20. The summed E-state index contributed by atoms with van der Waals surface area (Å²) >= 11 is 1.20. The number of nitrogens with two attached hydrogens (primary N) is 1. The largest absolute Gasteiger partial charge is 0.491 e. The van der Waals surface area contributed by atoms with Crippen LogP contribution < -0.4 is 15.4 Å². The molecule has 0 spiro atoms. The molecule has 0 radical (unpaired) electrons. The van der Waals surface area contributed by atoms with Crippen LogP contribution in [0.5, 0.6) is 5.75 Å². The van der Waals surface area contributed by atoms with Crippen molar-refractivity contribution in [3.8, 4) is 5.75 Å². The average molecular weight is 305 g/mol. The van der Waals surface area contributed by atoms with Crippen LogP contribution in [0.25, 0.3) is 0 Å². The van der Waals surface area contributed by atoms with Crippen molar-refractivity contribution in [1.29, 1.82) is 0 Å². The minimum Gasteiger partial charge on any atom is -0.491 e. The molecule has 0 aliphatic carbocycles. The Bertz CT molecular complexity index is 671. The van der Waals surface area contributed by atoms with Crippen LogP contribution in [-0.4, -0.2) is 30.6 Å². The predicted octanol–water partition coefficient (Wildman–Crippen LogP) is 1.91. The Labute approximate surface area is 126 Å². The Balaban J connectivity index is 1.96. The molecule has 3 rings (SSSR count). The zero-order valence-electron chi connectivity index (χ0n) is 11.5. The number of ether oxygens (including phenoxy) is 2. The number of rotatable bonds is 2. The lowest BCUT2D eigenvalue weighted by atomic mass is 10.2. The van der Waals surface area contributed by atoms with Gasteiger partial charge in [0, 0.05) is 12.1 Å². The second-order valence-electron chi connectivity index (χ2n) is 4.62. The van der Waals surface area contributed by atoms with E-state index in [-0.39, 0.29) is 5.82 Å². The van der Waals surface area contributed by atoms with Crippen LogP contribution in [0.1, 0.15) is 15.9 Å². The molecule has 0 saturated heterocycles. The van der Waals surface area contributed by atoms with Crippen molar-refractivity contribution in [2.24, 2.45) is 0 Å². The van der Waals surface area contributed by atoms with E-state index >= 15 is 0 Å². The Hall–Kier alpha value is -2.28. The SMILES string of the molecule is COC(=O)c1c(N)nsc1N1CCOc2ccccc2C1. The normalized spacial score (nSPS) is 14.0. The molecule has 0 bridgehead atoms. The molecule has 0 unspecified atom stereocenters. The summed E-state index contributed by atoms with van der Waals surface area (Å²) in [6.45, 7) is 1.83. The Morgan fingerprint density at radius 3 is 3.10 bits per heavy atom. The number of fused-ring (bicyclic) bond motifs is 1. The summed E-state index contributed by atoms with van der Waals surface area (Å²) in [6.07, 6.45) is 0. The third-order valence-electron chi connectivity index (χ3n) is 3.33. The van der Waals surface area contributed by atoms with Crippen molar-refractivity contribution in [2.45, 2.75) is 6.54 Å². The van der Waals surface area contributed by atoms with Gasteiger partial charge in [-0.15, -0.1) is 0 Å². The lowest BCUT2D eigenvalue weighted by molar-refractivity contribution is 0.0603. The first-order valence-corrected chi connectivity index (χ1v) is 7.27. The van der Waals surface area contributed by atoms with E-state index < -0.39 is 5.97 Å². The quantitative estimate of drug-likeness (QED) is 0.854. The highest BCUT2D eigenvalue weighted by Crippen LogP contribution is 2.34. The van der Waals surface area contributed by atoms with E-state index in [1.807, 2.05) is 29.2 Å². The molecule has 2 aromatic rings. The van der Waals surface area contributed by atoms with Crippen LogP contribution in [0.3, 0.4) is 0 Å². The maximum absolute atomic E-state index is 11.9. The fraction of sp³-hybridized carbons (Fsp3) is 0.286. The van der Waals surface area contributed by atoms with Crippen LogP contribution in [0.15, 0.2) is 24.3 Å². The number of carbonyl (C=O) groups is 1.